The van der Waals surface area contributed by atoms with Crippen LogP contribution in [0, 0.1) is 5.92 Å². The number of aromatic nitrogens is 5. The Balaban J connectivity index is 1.44. The summed E-state index contributed by atoms with van der Waals surface area (Å²) in [6.07, 6.45) is 3.44. The molecule has 32 heavy (non-hydrogen) atoms. The summed E-state index contributed by atoms with van der Waals surface area (Å²) >= 11 is 3.46. The summed E-state index contributed by atoms with van der Waals surface area (Å²) in [5, 5.41) is 0. The number of nitrogens with zero attached hydrogens (tertiary/aromatic N) is 5. The Labute approximate surface area is 193 Å². The molecule has 4 aromatic rings. The monoisotopic (exact) mass is 470 g/mol. The molecule has 0 spiro atoms. The third-order valence-corrected chi connectivity index (χ3v) is 8.39. The van der Waals surface area contributed by atoms with Crippen molar-refractivity contribution in [1.29, 1.82) is 0 Å². The Morgan fingerprint density at radius 3 is 2.72 bits per heavy atom. The smallest absolute Gasteiger partial charge is 0.329 e. The van der Waals surface area contributed by atoms with Gasteiger partial charge in [-0.1, -0.05) is 30.8 Å². The molecule has 1 saturated heterocycles. The minimum Gasteiger partial charge on any atom is -0.342 e. The Morgan fingerprint density at radius 2 is 1.94 bits per heavy atom. The molecule has 0 bridgehead atoms. The lowest BCUT2D eigenvalue weighted by atomic mass is 10.1. The number of hydrogen-bond donors (Lipinski definition) is 1. The summed E-state index contributed by atoms with van der Waals surface area (Å²) in [5.74, 6) is 1.95. The molecule has 0 saturated carbocycles. The van der Waals surface area contributed by atoms with Crippen LogP contribution in [0.2, 0.25) is 0 Å². The lowest BCUT2D eigenvalue weighted by Gasteiger charge is -2.28. The predicted octanol–water partition coefficient (Wildman–Crippen LogP) is 3.45. The van der Waals surface area contributed by atoms with Crippen molar-refractivity contribution in [3.05, 3.63) is 45.1 Å². The zero-order valence-corrected chi connectivity index (χ0v) is 19.8. The van der Waals surface area contributed by atoms with Crippen LogP contribution in [0.4, 0.5) is 5.95 Å². The molecule has 0 aliphatic carbocycles. The molecule has 3 aromatic heterocycles. The van der Waals surface area contributed by atoms with Crippen LogP contribution in [0.1, 0.15) is 26.2 Å². The first-order chi connectivity index (χ1) is 15.5. The van der Waals surface area contributed by atoms with E-state index in [9.17, 15) is 9.59 Å². The number of para-hydroxylation sites is 1. The topological polar surface area (TPSA) is 88.8 Å². The number of nitrogens with one attached hydrogen (secondary N) is 1. The number of thioether (sulfide) groups is 1. The van der Waals surface area contributed by atoms with E-state index in [1.807, 2.05) is 22.8 Å². The van der Waals surface area contributed by atoms with Gasteiger partial charge < -0.3 is 9.47 Å². The summed E-state index contributed by atoms with van der Waals surface area (Å²) in [6.45, 7) is 4.68. The van der Waals surface area contributed by atoms with Gasteiger partial charge in [-0.2, -0.15) is 4.98 Å². The van der Waals surface area contributed by atoms with E-state index in [1.54, 1.807) is 30.1 Å². The fourth-order valence-electron chi connectivity index (χ4n) is 4.22. The van der Waals surface area contributed by atoms with E-state index >= 15 is 0 Å². The normalized spacial score (nSPS) is 15.6. The van der Waals surface area contributed by atoms with Gasteiger partial charge in [-0.05, 0) is 37.3 Å². The molecule has 0 amide bonds. The lowest BCUT2D eigenvalue weighted by Crippen LogP contribution is -2.33. The molecular formula is C22H26N6O2S2. The molecule has 1 aromatic carbocycles. The number of hydrogen-bond acceptors (Lipinski definition) is 7. The van der Waals surface area contributed by atoms with E-state index in [1.165, 1.54) is 15.7 Å². The van der Waals surface area contributed by atoms with Gasteiger partial charge in [0.25, 0.3) is 5.56 Å². The zero-order valence-electron chi connectivity index (χ0n) is 18.2. The highest BCUT2D eigenvalue weighted by molar-refractivity contribution is 8.01. The second-order valence-electron chi connectivity index (χ2n) is 8.42. The number of aryl methyl sites for hydroxylation is 1. The molecular weight excluding hydrogens is 444 g/mol. The van der Waals surface area contributed by atoms with Crippen molar-refractivity contribution in [1.82, 2.24) is 24.1 Å². The summed E-state index contributed by atoms with van der Waals surface area (Å²) in [6, 6.07) is 8.18. The van der Waals surface area contributed by atoms with Crippen LogP contribution in [-0.2, 0) is 13.6 Å². The number of aromatic amines is 1. The number of rotatable bonds is 6. The van der Waals surface area contributed by atoms with Crippen LogP contribution in [0.25, 0.3) is 21.4 Å². The van der Waals surface area contributed by atoms with Gasteiger partial charge in [-0.15, -0.1) is 11.3 Å². The van der Waals surface area contributed by atoms with Gasteiger partial charge in [0, 0.05) is 32.4 Å². The summed E-state index contributed by atoms with van der Waals surface area (Å²) in [5.41, 5.74) is 1.16. The van der Waals surface area contributed by atoms with Gasteiger partial charge in [0.05, 0.1) is 10.2 Å². The van der Waals surface area contributed by atoms with Gasteiger partial charge in [0.15, 0.2) is 15.5 Å². The number of piperidine rings is 1. The van der Waals surface area contributed by atoms with Crippen LogP contribution >= 0.6 is 23.1 Å². The van der Waals surface area contributed by atoms with Crippen molar-refractivity contribution in [3.8, 4) is 0 Å². The maximum absolute atomic E-state index is 12.8. The van der Waals surface area contributed by atoms with Crippen LogP contribution in [-0.4, -0.2) is 42.9 Å². The van der Waals surface area contributed by atoms with Crippen molar-refractivity contribution in [2.45, 2.75) is 37.1 Å². The second-order valence-corrected chi connectivity index (χ2v) is 10.7. The van der Waals surface area contributed by atoms with Gasteiger partial charge in [-0.25, -0.2) is 9.78 Å². The molecule has 0 radical (unpaired) electrons. The number of fused-ring (bicyclic) bond motifs is 2. The van der Waals surface area contributed by atoms with E-state index in [0.717, 1.165) is 47.5 Å². The first kappa shape index (κ1) is 21.3. The maximum atomic E-state index is 12.8. The fourth-order valence-corrected chi connectivity index (χ4v) is 6.32. The Hall–Kier alpha value is -2.59. The van der Waals surface area contributed by atoms with Gasteiger partial charge in [0.2, 0.25) is 5.95 Å². The summed E-state index contributed by atoms with van der Waals surface area (Å²) < 4.78 is 5.71. The van der Waals surface area contributed by atoms with Crippen LogP contribution < -0.4 is 16.1 Å². The Bertz CT molecular complexity index is 1350. The summed E-state index contributed by atoms with van der Waals surface area (Å²) in [7, 11) is 1.66. The minimum absolute atomic E-state index is 0.282. The van der Waals surface area contributed by atoms with E-state index in [4.69, 9.17) is 9.97 Å². The van der Waals surface area contributed by atoms with Crippen molar-refractivity contribution in [3.63, 3.8) is 0 Å². The van der Waals surface area contributed by atoms with Crippen molar-refractivity contribution >= 4 is 50.4 Å². The van der Waals surface area contributed by atoms with Crippen LogP contribution in [0.15, 0.2) is 38.2 Å². The molecule has 168 valence electrons. The van der Waals surface area contributed by atoms with E-state index in [-0.39, 0.29) is 11.5 Å². The minimum atomic E-state index is -0.434. The molecule has 1 N–H and O–H groups in total. The molecule has 10 heteroatoms. The predicted molar refractivity (Wildman–Crippen MR) is 131 cm³/mol. The highest BCUT2D eigenvalue weighted by Gasteiger charge is 2.24. The number of thiazole rings is 1. The second kappa shape index (κ2) is 8.74. The van der Waals surface area contributed by atoms with Crippen molar-refractivity contribution in [2.75, 3.05) is 23.7 Å². The van der Waals surface area contributed by atoms with Crippen LogP contribution in [0.5, 0.6) is 0 Å². The standard InChI is InChI=1S/C22H26N6O2S2/c1-14(13-31-22-23-15-8-4-5-9-16(15)32-22)12-28-17-18(26(2)21(30)25-19(17)29)24-20(28)27-10-6-3-7-11-27/h4-5,8-9,14H,3,6-7,10-13H2,1-2H3,(H,25,29,30)/t14-/m0/s1. The molecule has 8 nitrogen and oxygen atoms in total. The first-order valence-electron chi connectivity index (χ1n) is 10.9. The Morgan fingerprint density at radius 1 is 1.16 bits per heavy atom. The number of H-pyrrole nitrogens is 1. The lowest BCUT2D eigenvalue weighted by molar-refractivity contribution is 0.514. The Kier molecular flexibility index (Phi) is 5.81. The molecule has 5 rings (SSSR count). The highest BCUT2D eigenvalue weighted by Crippen LogP contribution is 2.31. The average molecular weight is 471 g/mol. The van der Waals surface area contributed by atoms with E-state index in [0.29, 0.717) is 17.7 Å². The van der Waals surface area contributed by atoms with Gasteiger partial charge in [-0.3, -0.25) is 14.3 Å². The van der Waals surface area contributed by atoms with Crippen LogP contribution in [0.3, 0.4) is 0 Å². The van der Waals surface area contributed by atoms with Gasteiger partial charge in [0.1, 0.15) is 0 Å². The van der Waals surface area contributed by atoms with E-state index < -0.39 is 5.69 Å². The molecule has 1 aliphatic rings. The van der Waals surface area contributed by atoms with Gasteiger partial charge >= 0.3 is 5.69 Å². The van der Waals surface area contributed by atoms with Crippen molar-refractivity contribution in [2.24, 2.45) is 13.0 Å². The zero-order chi connectivity index (χ0) is 22.2. The molecule has 4 heterocycles. The average Bonchev–Trinajstić information content (AvgIpc) is 3.38. The molecule has 1 aliphatic heterocycles. The maximum Gasteiger partial charge on any atom is 0.329 e. The number of benzene rings is 1. The molecule has 0 unspecified atom stereocenters. The quantitative estimate of drug-likeness (QED) is 0.434. The SMILES string of the molecule is C[C@H](CSc1nc2ccccc2s1)Cn1c(N2CCCCC2)nc2c1c(=O)[nH]c(=O)n2C. The number of anilines is 1. The van der Waals surface area contributed by atoms with E-state index in [2.05, 4.69) is 22.9 Å². The molecule has 1 fully saturated rings. The fraction of sp³-hybridized carbons (Fsp3) is 0.455. The highest BCUT2D eigenvalue weighted by atomic mass is 32.2. The third-order valence-electron chi connectivity index (χ3n) is 5.89. The summed E-state index contributed by atoms with van der Waals surface area (Å²) in [4.78, 5) is 39.1. The molecule has 1 atom stereocenters. The largest absolute Gasteiger partial charge is 0.342 e. The third kappa shape index (κ3) is 3.97. The van der Waals surface area contributed by atoms with Crippen molar-refractivity contribution < 1.29 is 0 Å². The first-order valence-corrected chi connectivity index (χ1v) is 12.7. The number of imidazole rings is 1.